The number of nitrogens with zero attached hydrogens (tertiary/aromatic N) is 3. The zero-order chi connectivity index (χ0) is 13.1. The van der Waals surface area contributed by atoms with Gasteiger partial charge in [-0.1, -0.05) is 12.8 Å². The van der Waals surface area contributed by atoms with Gasteiger partial charge in [0.15, 0.2) is 5.65 Å². The molecule has 0 radical (unpaired) electrons. The van der Waals surface area contributed by atoms with Gasteiger partial charge in [-0.3, -0.25) is 0 Å². The average Bonchev–Trinajstić information content (AvgIpc) is 3.19. The molecule has 19 heavy (non-hydrogen) atoms. The summed E-state index contributed by atoms with van der Waals surface area (Å²) in [5, 5.41) is 0. The molecule has 0 aromatic carbocycles. The topological polar surface area (TPSA) is 56.7 Å². The maximum atomic E-state index is 5.52. The van der Waals surface area contributed by atoms with Crippen molar-refractivity contribution >= 4 is 11.2 Å². The highest BCUT2D eigenvalue weighted by Gasteiger charge is 2.28. The van der Waals surface area contributed by atoms with E-state index in [9.17, 15) is 0 Å². The lowest BCUT2D eigenvalue weighted by Gasteiger charge is -2.06. The summed E-state index contributed by atoms with van der Waals surface area (Å²) in [7, 11) is 0. The Morgan fingerprint density at radius 2 is 2.05 bits per heavy atom. The molecular formula is C15H22N4. The second-order valence-electron chi connectivity index (χ2n) is 5.43. The van der Waals surface area contributed by atoms with Crippen LogP contribution in [0.5, 0.6) is 0 Å². The van der Waals surface area contributed by atoms with Crippen LogP contribution in [0.4, 0.5) is 0 Å². The third-order valence-electron chi connectivity index (χ3n) is 3.79. The average molecular weight is 258 g/mol. The zero-order valence-corrected chi connectivity index (χ0v) is 11.4. The van der Waals surface area contributed by atoms with Crippen LogP contribution >= 0.6 is 0 Å². The standard InChI is InChI=1S/C15H22N4/c16-10-4-2-1-3-7-14-18-13-6-5-11-17-15(13)19(14)12-8-9-12/h5-6,11-12H,1-4,7-10,16H2. The molecule has 0 aliphatic heterocycles. The third-order valence-corrected chi connectivity index (χ3v) is 3.79. The number of unbranched alkanes of at least 4 members (excludes halogenated alkanes) is 3. The molecule has 2 aromatic heterocycles. The first-order valence-corrected chi connectivity index (χ1v) is 7.42. The number of aryl methyl sites for hydroxylation is 1. The van der Waals surface area contributed by atoms with Gasteiger partial charge in [0.05, 0.1) is 0 Å². The monoisotopic (exact) mass is 258 g/mol. The number of imidazole rings is 1. The van der Waals surface area contributed by atoms with E-state index in [1.54, 1.807) is 0 Å². The molecular weight excluding hydrogens is 236 g/mol. The molecule has 2 N–H and O–H groups in total. The number of hydrogen-bond acceptors (Lipinski definition) is 3. The molecule has 0 saturated heterocycles. The number of pyridine rings is 1. The second-order valence-corrected chi connectivity index (χ2v) is 5.43. The summed E-state index contributed by atoms with van der Waals surface area (Å²) in [5.41, 5.74) is 7.64. The maximum Gasteiger partial charge on any atom is 0.160 e. The highest BCUT2D eigenvalue weighted by atomic mass is 15.2. The van der Waals surface area contributed by atoms with E-state index in [1.165, 1.54) is 37.9 Å². The van der Waals surface area contributed by atoms with Gasteiger partial charge >= 0.3 is 0 Å². The Morgan fingerprint density at radius 3 is 2.84 bits per heavy atom. The van der Waals surface area contributed by atoms with Crippen LogP contribution in [-0.4, -0.2) is 21.1 Å². The number of hydrogen-bond donors (Lipinski definition) is 1. The van der Waals surface area contributed by atoms with Gasteiger partial charge in [-0.25, -0.2) is 9.97 Å². The minimum absolute atomic E-state index is 0.652. The summed E-state index contributed by atoms with van der Waals surface area (Å²) in [6.07, 6.45) is 10.3. The van der Waals surface area contributed by atoms with Gasteiger partial charge in [-0.05, 0) is 44.4 Å². The summed E-state index contributed by atoms with van der Waals surface area (Å²) in [4.78, 5) is 9.27. The SMILES string of the molecule is NCCCCCCc1nc2cccnc2n1C1CC1. The van der Waals surface area contributed by atoms with Gasteiger partial charge in [0.2, 0.25) is 0 Å². The molecule has 1 saturated carbocycles. The van der Waals surface area contributed by atoms with Crippen molar-refractivity contribution in [2.75, 3.05) is 6.54 Å². The number of aromatic nitrogens is 3. The van der Waals surface area contributed by atoms with Gasteiger partial charge in [-0.2, -0.15) is 0 Å². The van der Waals surface area contributed by atoms with Gasteiger partial charge < -0.3 is 10.3 Å². The van der Waals surface area contributed by atoms with E-state index in [0.29, 0.717) is 6.04 Å². The molecule has 102 valence electrons. The van der Waals surface area contributed by atoms with Gasteiger partial charge in [0, 0.05) is 18.7 Å². The lowest BCUT2D eigenvalue weighted by atomic mass is 10.1. The van der Waals surface area contributed by atoms with Crippen LogP contribution in [0.15, 0.2) is 18.3 Å². The van der Waals surface area contributed by atoms with Crippen molar-refractivity contribution in [1.82, 2.24) is 14.5 Å². The molecule has 1 aliphatic carbocycles. The first kappa shape index (κ1) is 12.6. The predicted octanol–water partition coefficient (Wildman–Crippen LogP) is 2.83. The Hall–Kier alpha value is -1.42. The van der Waals surface area contributed by atoms with Crippen molar-refractivity contribution in [2.45, 2.75) is 51.0 Å². The highest BCUT2D eigenvalue weighted by Crippen LogP contribution is 2.38. The minimum atomic E-state index is 0.652. The number of fused-ring (bicyclic) bond motifs is 1. The van der Waals surface area contributed by atoms with Crippen molar-refractivity contribution in [3.05, 3.63) is 24.2 Å². The molecule has 1 aliphatic rings. The van der Waals surface area contributed by atoms with Gasteiger partial charge in [0.1, 0.15) is 11.3 Å². The first-order valence-electron chi connectivity index (χ1n) is 7.42. The molecule has 2 heterocycles. The second kappa shape index (κ2) is 5.70. The Morgan fingerprint density at radius 1 is 1.21 bits per heavy atom. The van der Waals surface area contributed by atoms with Crippen LogP contribution in [0.2, 0.25) is 0 Å². The molecule has 0 spiro atoms. The third kappa shape index (κ3) is 2.78. The summed E-state index contributed by atoms with van der Waals surface area (Å²) in [6, 6.07) is 4.69. The summed E-state index contributed by atoms with van der Waals surface area (Å²) in [6.45, 7) is 0.810. The van der Waals surface area contributed by atoms with E-state index in [2.05, 4.69) is 15.6 Å². The fraction of sp³-hybridized carbons (Fsp3) is 0.600. The molecule has 0 bridgehead atoms. The van der Waals surface area contributed by atoms with Crippen LogP contribution in [0, 0.1) is 0 Å². The molecule has 0 unspecified atom stereocenters. The molecule has 2 aromatic rings. The van der Waals surface area contributed by atoms with Gasteiger partial charge in [-0.15, -0.1) is 0 Å². The van der Waals surface area contributed by atoms with Crippen LogP contribution < -0.4 is 5.73 Å². The van der Waals surface area contributed by atoms with Crippen LogP contribution in [0.3, 0.4) is 0 Å². The Kier molecular flexibility index (Phi) is 3.78. The van der Waals surface area contributed by atoms with Crippen LogP contribution in [0.25, 0.3) is 11.2 Å². The number of nitrogens with two attached hydrogens (primary N) is 1. The Bertz CT molecular complexity index is 542. The smallest absolute Gasteiger partial charge is 0.160 e. The van der Waals surface area contributed by atoms with Crippen molar-refractivity contribution in [3.63, 3.8) is 0 Å². The molecule has 4 heteroatoms. The predicted molar refractivity (Wildman–Crippen MR) is 77.0 cm³/mol. The van der Waals surface area contributed by atoms with Crippen molar-refractivity contribution < 1.29 is 0 Å². The Labute approximate surface area is 114 Å². The zero-order valence-electron chi connectivity index (χ0n) is 11.4. The van der Waals surface area contributed by atoms with E-state index in [1.807, 2.05) is 12.3 Å². The lowest BCUT2D eigenvalue weighted by molar-refractivity contribution is 0.610. The van der Waals surface area contributed by atoms with E-state index in [4.69, 9.17) is 10.7 Å². The van der Waals surface area contributed by atoms with E-state index in [-0.39, 0.29) is 0 Å². The summed E-state index contributed by atoms with van der Waals surface area (Å²) < 4.78 is 2.37. The van der Waals surface area contributed by atoms with E-state index >= 15 is 0 Å². The quantitative estimate of drug-likeness (QED) is 0.777. The molecule has 4 nitrogen and oxygen atoms in total. The summed E-state index contributed by atoms with van der Waals surface area (Å²) >= 11 is 0. The fourth-order valence-corrected chi connectivity index (χ4v) is 2.65. The highest BCUT2D eigenvalue weighted by molar-refractivity contribution is 5.71. The van der Waals surface area contributed by atoms with E-state index < -0.39 is 0 Å². The normalized spacial score (nSPS) is 15.2. The van der Waals surface area contributed by atoms with Crippen LogP contribution in [0.1, 0.15) is 50.4 Å². The summed E-state index contributed by atoms with van der Waals surface area (Å²) in [5.74, 6) is 1.23. The van der Waals surface area contributed by atoms with Crippen molar-refractivity contribution in [1.29, 1.82) is 0 Å². The van der Waals surface area contributed by atoms with E-state index in [0.717, 1.165) is 30.6 Å². The molecule has 1 fully saturated rings. The van der Waals surface area contributed by atoms with Crippen molar-refractivity contribution in [3.8, 4) is 0 Å². The molecule has 3 rings (SSSR count). The van der Waals surface area contributed by atoms with Gasteiger partial charge in [0.25, 0.3) is 0 Å². The molecule has 0 atom stereocenters. The van der Waals surface area contributed by atoms with Crippen molar-refractivity contribution in [2.24, 2.45) is 5.73 Å². The van der Waals surface area contributed by atoms with Crippen LogP contribution in [-0.2, 0) is 6.42 Å². The maximum absolute atomic E-state index is 5.52. The number of rotatable bonds is 7. The fourth-order valence-electron chi connectivity index (χ4n) is 2.65. The lowest BCUT2D eigenvalue weighted by Crippen LogP contribution is -2.03. The first-order chi connectivity index (χ1) is 9.40. The minimum Gasteiger partial charge on any atom is -0.330 e. The molecule has 0 amide bonds. The Balaban J connectivity index is 1.73. The largest absolute Gasteiger partial charge is 0.330 e.